The van der Waals surface area contributed by atoms with E-state index >= 15 is 0 Å². The Morgan fingerprint density at radius 1 is 1.25 bits per heavy atom. The smallest absolute Gasteiger partial charge is 0.225 e. The lowest BCUT2D eigenvalue weighted by Gasteiger charge is -2.26. The fourth-order valence-corrected chi connectivity index (χ4v) is 3.85. The molecule has 1 aliphatic rings. The number of guanidine groups is 1. The molecule has 2 aromatic carbocycles. The van der Waals surface area contributed by atoms with Crippen LogP contribution in [-0.2, 0) is 11.3 Å². The van der Waals surface area contributed by atoms with E-state index in [2.05, 4.69) is 27.0 Å². The fraction of sp³-hybridized carbons (Fsp3) is 0.391. The Labute approximate surface area is 211 Å². The minimum Gasteiger partial charge on any atom is -0.493 e. The lowest BCUT2D eigenvalue weighted by Crippen LogP contribution is -2.40. The first-order chi connectivity index (χ1) is 15.0. The summed E-state index contributed by atoms with van der Waals surface area (Å²) < 4.78 is 11.0. The number of hydrogen-bond donors (Lipinski definition) is 3. The van der Waals surface area contributed by atoms with Crippen molar-refractivity contribution in [2.45, 2.75) is 32.7 Å². The van der Waals surface area contributed by atoms with Crippen molar-refractivity contribution in [2.75, 3.05) is 32.1 Å². The first-order valence-electron chi connectivity index (χ1n) is 10.5. The third-order valence-corrected chi connectivity index (χ3v) is 5.25. The summed E-state index contributed by atoms with van der Waals surface area (Å²) in [5.41, 5.74) is 2.92. The third-order valence-electron chi connectivity index (χ3n) is 4.96. The molecule has 1 atom stereocenters. The van der Waals surface area contributed by atoms with E-state index in [4.69, 9.17) is 21.1 Å². The number of anilines is 1. The van der Waals surface area contributed by atoms with Gasteiger partial charge in [0.25, 0.3) is 0 Å². The number of rotatable bonds is 8. The van der Waals surface area contributed by atoms with Crippen molar-refractivity contribution in [2.24, 2.45) is 4.99 Å². The van der Waals surface area contributed by atoms with Gasteiger partial charge in [-0.3, -0.25) is 4.79 Å². The molecule has 1 aliphatic heterocycles. The van der Waals surface area contributed by atoms with Gasteiger partial charge in [0.15, 0.2) is 17.5 Å². The van der Waals surface area contributed by atoms with Crippen molar-refractivity contribution in [3.63, 3.8) is 0 Å². The molecule has 32 heavy (non-hydrogen) atoms. The molecule has 0 saturated carbocycles. The van der Waals surface area contributed by atoms with Crippen LogP contribution < -0.4 is 25.4 Å². The number of fused-ring (bicyclic) bond motifs is 1. The van der Waals surface area contributed by atoms with Crippen LogP contribution in [0.4, 0.5) is 5.69 Å². The Morgan fingerprint density at radius 3 is 2.75 bits per heavy atom. The topological polar surface area (TPSA) is 84.0 Å². The predicted molar refractivity (Wildman–Crippen MR) is 140 cm³/mol. The number of carbonyl (C=O) groups excluding carboxylic acids is 1. The summed E-state index contributed by atoms with van der Waals surface area (Å²) in [5.74, 6) is 1.91. The van der Waals surface area contributed by atoms with Gasteiger partial charge in [0.05, 0.1) is 25.3 Å². The molecule has 1 heterocycles. The van der Waals surface area contributed by atoms with E-state index in [-0.39, 0.29) is 35.8 Å². The molecule has 1 amide bonds. The van der Waals surface area contributed by atoms with Crippen molar-refractivity contribution in [1.29, 1.82) is 0 Å². The minimum absolute atomic E-state index is 0. The summed E-state index contributed by atoms with van der Waals surface area (Å²) in [6.45, 7) is 6.16. The van der Waals surface area contributed by atoms with Crippen LogP contribution in [-0.4, -0.2) is 38.7 Å². The van der Waals surface area contributed by atoms with Gasteiger partial charge in [-0.25, -0.2) is 4.99 Å². The maximum atomic E-state index is 12.1. The van der Waals surface area contributed by atoms with Crippen molar-refractivity contribution in [3.8, 4) is 11.5 Å². The Bertz CT molecular complexity index is 955. The molecule has 2 aromatic rings. The van der Waals surface area contributed by atoms with Crippen LogP contribution in [0.2, 0.25) is 5.02 Å². The minimum atomic E-state index is 0. The number of halogens is 2. The van der Waals surface area contributed by atoms with Gasteiger partial charge in [-0.2, -0.15) is 0 Å². The van der Waals surface area contributed by atoms with Gasteiger partial charge in [0.1, 0.15) is 0 Å². The van der Waals surface area contributed by atoms with Crippen LogP contribution in [0.5, 0.6) is 11.5 Å². The van der Waals surface area contributed by atoms with E-state index in [0.29, 0.717) is 48.6 Å². The highest BCUT2D eigenvalue weighted by Crippen LogP contribution is 2.36. The Balaban J connectivity index is 0.00000363. The SMILES string of the molecule is CCNC(=NCc1cc(Cl)c(OCC)c(OC)c1)NCC1CC(=O)Nc2ccccc21.I. The van der Waals surface area contributed by atoms with E-state index in [1.54, 1.807) is 7.11 Å². The van der Waals surface area contributed by atoms with Gasteiger partial charge in [-0.15, -0.1) is 24.0 Å². The van der Waals surface area contributed by atoms with Crippen LogP contribution in [0, 0.1) is 0 Å². The second-order valence-corrected chi connectivity index (χ2v) is 7.56. The molecule has 3 rings (SSSR count). The van der Waals surface area contributed by atoms with Gasteiger partial charge < -0.3 is 25.4 Å². The van der Waals surface area contributed by atoms with Gasteiger partial charge in [0.2, 0.25) is 5.91 Å². The molecule has 0 aliphatic carbocycles. The molecule has 174 valence electrons. The zero-order valence-electron chi connectivity index (χ0n) is 18.5. The molecule has 0 radical (unpaired) electrons. The highest BCUT2D eigenvalue weighted by molar-refractivity contribution is 14.0. The summed E-state index contributed by atoms with van der Waals surface area (Å²) in [7, 11) is 1.59. The average molecular weight is 573 g/mol. The monoisotopic (exact) mass is 572 g/mol. The normalized spacial score (nSPS) is 15.2. The Hall–Kier alpha value is -2.20. The molecule has 0 spiro atoms. The number of hydrogen-bond acceptors (Lipinski definition) is 4. The van der Waals surface area contributed by atoms with Gasteiger partial charge >= 0.3 is 0 Å². The number of methoxy groups -OCH3 is 1. The van der Waals surface area contributed by atoms with E-state index < -0.39 is 0 Å². The molecule has 0 aromatic heterocycles. The number of aliphatic imine (C=N–C) groups is 1. The standard InChI is InChI=1S/C23H29ClN4O3.HI/c1-4-25-23(26-13-15-10-18(24)22(31-5-2)20(11-15)30-3)27-14-16-12-21(29)28-19-9-7-6-8-17(16)19;/h6-11,16H,4-5,12-14H2,1-3H3,(H,28,29)(H2,25,26,27);1H. The van der Waals surface area contributed by atoms with Crippen molar-refractivity contribution in [1.82, 2.24) is 10.6 Å². The lowest BCUT2D eigenvalue weighted by molar-refractivity contribution is -0.116. The van der Waals surface area contributed by atoms with E-state index in [1.165, 1.54) is 0 Å². The van der Waals surface area contributed by atoms with Gasteiger partial charge in [0, 0.05) is 31.1 Å². The molecule has 0 bridgehead atoms. The number of carbonyl (C=O) groups is 1. The first kappa shape index (κ1) is 26.1. The predicted octanol–water partition coefficient (Wildman–Crippen LogP) is 4.55. The van der Waals surface area contributed by atoms with Gasteiger partial charge in [-0.1, -0.05) is 29.8 Å². The van der Waals surface area contributed by atoms with Crippen LogP contribution in [0.15, 0.2) is 41.4 Å². The third kappa shape index (κ3) is 6.65. The average Bonchev–Trinajstić information content (AvgIpc) is 2.76. The Kier molecular flexibility index (Phi) is 10.4. The molecular weight excluding hydrogens is 543 g/mol. The summed E-state index contributed by atoms with van der Waals surface area (Å²) in [4.78, 5) is 16.7. The molecular formula is C23H30ClIN4O3. The molecule has 0 fully saturated rings. The summed E-state index contributed by atoms with van der Waals surface area (Å²) in [6, 6.07) is 11.6. The van der Waals surface area contributed by atoms with E-state index in [0.717, 1.165) is 23.4 Å². The second kappa shape index (κ2) is 12.7. The van der Waals surface area contributed by atoms with E-state index in [9.17, 15) is 4.79 Å². The molecule has 0 saturated heterocycles. The number of nitrogens with one attached hydrogen (secondary N) is 3. The molecule has 1 unspecified atom stereocenters. The van der Waals surface area contributed by atoms with E-state index in [1.807, 2.05) is 44.2 Å². The van der Waals surface area contributed by atoms with Crippen molar-refractivity contribution in [3.05, 3.63) is 52.5 Å². The van der Waals surface area contributed by atoms with Crippen LogP contribution in [0.1, 0.15) is 37.3 Å². The fourth-order valence-electron chi connectivity index (χ4n) is 3.56. The summed E-state index contributed by atoms with van der Waals surface area (Å²) in [5, 5.41) is 10.0. The summed E-state index contributed by atoms with van der Waals surface area (Å²) in [6.07, 6.45) is 0.440. The quantitative estimate of drug-likeness (QED) is 0.246. The highest BCUT2D eigenvalue weighted by Gasteiger charge is 2.24. The first-order valence-corrected chi connectivity index (χ1v) is 10.8. The Morgan fingerprint density at radius 2 is 2.03 bits per heavy atom. The molecule has 9 heteroatoms. The van der Waals surface area contributed by atoms with Crippen LogP contribution >= 0.6 is 35.6 Å². The number of para-hydroxylation sites is 1. The van der Waals surface area contributed by atoms with Crippen LogP contribution in [0.3, 0.4) is 0 Å². The number of benzene rings is 2. The second-order valence-electron chi connectivity index (χ2n) is 7.15. The largest absolute Gasteiger partial charge is 0.493 e. The van der Waals surface area contributed by atoms with Gasteiger partial charge in [-0.05, 0) is 43.2 Å². The number of ether oxygens (including phenoxy) is 2. The number of amides is 1. The molecule has 7 nitrogen and oxygen atoms in total. The summed E-state index contributed by atoms with van der Waals surface area (Å²) >= 11 is 6.37. The highest BCUT2D eigenvalue weighted by atomic mass is 127. The van der Waals surface area contributed by atoms with Crippen molar-refractivity contribution < 1.29 is 14.3 Å². The number of nitrogens with zero attached hydrogens (tertiary/aromatic N) is 1. The zero-order chi connectivity index (χ0) is 22.2. The maximum Gasteiger partial charge on any atom is 0.225 e. The molecule has 3 N–H and O–H groups in total. The van der Waals surface area contributed by atoms with Crippen molar-refractivity contribution >= 4 is 53.1 Å². The lowest BCUT2D eigenvalue weighted by atomic mass is 9.90. The zero-order valence-corrected chi connectivity index (χ0v) is 21.6. The van der Waals surface area contributed by atoms with Crippen LogP contribution in [0.25, 0.3) is 0 Å². The maximum absolute atomic E-state index is 12.1.